The Kier molecular flexibility index (Phi) is 8.55. The number of hydrogen-bond acceptors (Lipinski definition) is 7. The molecule has 2 aliphatic rings. The van der Waals surface area contributed by atoms with Crippen molar-refractivity contribution in [3.8, 4) is 18.1 Å². The minimum absolute atomic E-state index is 0.0367. The number of terminal acetylenes is 1. The fourth-order valence-electron chi connectivity index (χ4n) is 5.08. The van der Waals surface area contributed by atoms with Gasteiger partial charge < -0.3 is 9.57 Å². The Morgan fingerprint density at radius 1 is 1.19 bits per heavy atom. The first-order valence-corrected chi connectivity index (χ1v) is 13.8. The monoisotopic (exact) mass is 612 g/mol. The van der Waals surface area contributed by atoms with E-state index in [0.29, 0.717) is 47.5 Å². The molecule has 1 aromatic carbocycles. The number of oxime groups is 1. The predicted molar refractivity (Wildman–Crippen MR) is 140 cm³/mol. The number of benzene rings is 1. The summed E-state index contributed by atoms with van der Waals surface area (Å²) in [5.41, 5.74) is -1.39. The summed E-state index contributed by atoms with van der Waals surface area (Å²) in [5.74, 6) is -0.388. The van der Waals surface area contributed by atoms with Gasteiger partial charge in [-0.15, -0.1) is 6.42 Å². The van der Waals surface area contributed by atoms with Gasteiger partial charge in [-0.25, -0.2) is 40.3 Å². The average molecular weight is 613 g/mol. The molecule has 8 nitrogen and oxygen atoms in total. The number of carbonyl (C=O) groups excluding carboxylic acids is 1. The van der Waals surface area contributed by atoms with Gasteiger partial charge in [0.25, 0.3) is 18.0 Å². The van der Waals surface area contributed by atoms with Crippen LogP contribution >= 0.6 is 11.3 Å². The van der Waals surface area contributed by atoms with Gasteiger partial charge in [-0.2, -0.15) is 10.1 Å². The van der Waals surface area contributed by atoms with Crippen LogP contribution in [0.5, 0.6) is 5.75 Å². The van der Waals surface area contributed by atoms with Gasteiger partial charge >= 0.3 is 5.91 Å². The molecule has 1 fully saturated rings. The number of hydrogen-bond donors (Lipinski definition) is 0. The third-order valence-corrected chi connectivity index (χ3v) is 8.16. The maximum absolute atomic E-state index is 15.0. The molecule has 42 heavy (non-hydrogen) atoms. The molecule has 222 valence electrons. The molecular weight excluding hydrogens is 588 g/mol. The summed E-state index contributed by atoms with van der Waals surface area (Å²) in [6.45, 7) is -0.215. The quantitative estimate of drug-likeness (QED) is 0.166. The van der Waals surface area contributed by atoms with E-state index in [0.717, 1.165) is 29.9 Å². The van der Waals surface area contributed by atoms with Gasteiger partial charge in [-0.3, -0.25) is 0 Å². The number of halogens is 6. The van der Waals surface area contributed by atoms with Crippen molar-refractivity contribution in [2.75, 3.05) is 19.7 Å². The number of nitrogens with zero attached hydrogens (tertiary/aromatic N) is 5. The Labute approximate surface area is 240 Å². The summed E-state index contributed by atoms with van der Waals surface area (Å²) in [6, 6.07) is 2.75. The molecule has 1 saturated heterocycles. The Morgan fingerprint density at radius 2 is 1.95 bits per heavy atom. The van der Waals surface area contributed by atoms with Crippen molar-refractivity contribution in [1.82, 2.24) is 19.2 Å². The van der Waals surface area contributed by atoms with Crippen molar-refractivity contribution in [1.29, 1.82) is 0 Å². The van der Waals surface area contributed by atoms with Crippen LogP contribution in [0.1, 0.15) is 67.3 Å². The molecule has 0 spiro atoms. The van der Waals surface area contributed by atoms with Crippen molar-refractivity contribution in [2.45, 2.75) is 51.2 Å². The first kappa shape index (κ1) is 29.6. The molecule has 0 aliphatic carbocycles. The van der Waals surface area contributed by atoms with Crippen molar-refractivity contribution in [3.05, 3.63) is 57.9 Å². The van der Waals surface area contributed by atoms with Crippen molar-refractivity contribution < 1.29 is 40.7 Å². The Morgan fingerprint density at radius 3 is 2.64 bits per heavy atom. The highest BCUT2D eigenvalue weighted by Crippen LogP contribution is 2.38. The van der Waals surface area contributed by atoms with Gasteiger partial charge in [0.2, 0.25) is 0 Å². The minimum Gasteiger partial charge on any atom is -0.478 e. The summed E-state index contributed by atoms with van der Waals surface area (Å²) >= 11 is 1.14. The summed E-state index contributed by atoms with van der Waals surface area (Å²) in [6.07, 6.45) is -0.0495. The molecule has 5 rings (SSSR count). The lowest BCUT2D eigenvalue weighted by Gasteiger charge is -2.36. The van der Waals surface area contributed by atoms with Gasteiger partial charge in [0.1, 0.15) is 35.2 Å². The molecule has 2 aromatic heterocycles. The number of rotatable bonds is 9. The lowest BCUT2D eigenvalue weighted by Crippen LogP contribution is -2.58. The lowest BCUT2D eigenvalue weighted by molar-refractivity contribution is -0.132. The van der Waals surface area contributed by atoms with Crippen LogP contribution in [0.4, 0.5) is 31.5 Å². The Hall–Kier alpha value is -3.90. The zero-order chi connectivity index (χ0) is 30.0. The molecule has 4 heterocycles. The average Bonchev–Trinajstić information content (AvgIpc) is 3.73. The van der Waals surface area contributed by atoms with Crippen LogP contribution in [-0.4, -0.2) is 46.1 Å². The first-order valence-electron chi connectivity index (χ1n) is 12.9. The summed E-state index contributed by atoms with van der Waals surface area (Å²) in [5, 5.41) is 9.50. The summed E-state index contributed by atoms with van der Waals surface area (Å²) in [7, 11) is 0. The van der Waals surface area contributed by atoms with Crippen LogP contribution in [0, 0.1) is 24.0 Å². The first-order chi connectivity index (χ1) is 20.1. The number of aromatic nitrogens is 3. The van der Waals surface area contributed by atoms with Crippen LogP contribution in [0.3, 0.4) is 0 Å². The number of piperidine rings is 1. The number of likely N-dealkylation sites (tertiary alicyclic amines) is 1. The van der Waals surface area contributed by atoms with E-state index in [1.807, 2.05) is 0 Å². The SMILES string of the molecule is C#CCOc1ccc(F)c(C2CC(c3csc([N+]4(C(=O)Cn5nc(C(F)F)cc5C(F)F)CCCCC4)n3)=NO2)c1F. The number of alkyl halides is 4. The fraction of sp³-hybridized carbons (Fsp3) is 0.407. The largest absolute Gasteiger partial charge is 0.478 e. The maximum Gasteiger partial charge on any atom is 0.342 e. The second-order valence-corrected chi connectivity index (χ2v) is 10.6. The highest BCUT2D eigenvalue weighted by atomic mass is 32.1. The van der Waals surface area contributed by atoms with Gasteiger partial charge in [0, 0.05) is 11.8 Å². The smallest absolute Gasteiger partial charge is 0.342 e. The van der Waals surface area contributed by atoms with E-state index in [4.69, 9.17) is 16.0 Å². The zero-order valence-electron chi connectivity index (χ0n) is 21.9. The predicted octanol–water partition coefficient (Wildman–Crippen LogP) is 6.09. The number of quaternary nitrogens is 1. The number of thiazole rings is 1. The molecule has 0 saturated carbocycles. The van der Waals surface area contributed by atoms with Crippen molar-refractivity contribution in [3.63, 3.8) is 0 Å². The van der Waals surface area contributed by atoms with Crippen LogP contribution in [0.15, 0.2) is 28.7 Å². The van der Waals surface area contributed by atoms with Gasteiger partial charge in [0.05, 0.1) is 18.7 Å². The van der Waals surface area contributed by atoms with Gasteiger partial charge in [0.15, 0.2) is 24.2 Å². The van der Waals surface area contributed by atoms with E-state index >= 15 is 4.39 Å². The van der Waals surface area contributed by atoms with E-state index in [1.165, 1.54) is 0 Å². The molecule has 1 amide bonds. The molecule has 0 bridgehead atoms. The topological polar surface area (TPSA) is 78.6 Å². The molecule has 0 N–H and O–H groups in total. The van der Waals surface area contributed by atoms with E-state index in [9.17, 15) is 26.7 Å². The van der Waals surface area contributed by atoms with Crippen molar-refractivity contribution in [2.24, 2.45) is 5.16 Å². The highest BCUT2D eigenvalue weighted by Gasteiger charge is 2.44. The molecule has 3 aromatic rings. The minimum atomic E-state index is -3.10. The molecule has 1 unspecified atom stereocenters. The zero-order valence-corrected chi connectivity index (χ0v) is 22.7. The number of amides is 1. The van der Waals surface area contributed by atoms with Gasteiger partial charge in [-0.1, -0.05) is 22.4 Å². The van der Waals surface area contributed by atoms with E-state index in [-0.39, 0.29) is 34.5 Å². The second kappa shape index (κ2) is 12.1. The van der Waals surface area contributed by atoms with E-state index in [1.54, 1.807) is 5.38 Å². The van der Waals surface area contributed by atoms with E-state index in [2.05, 4.69) is 21.2 Å². The normalized spacial score (nSPS) is 18.2. The molecule has 1 atom stereocenters. The van der Waals surface area contributed by atoms with Crippen LogP contribution in [-0.2, 0) is 16.2 Å². The number of carbonyl (C=O) groups is 1. The lowest BCUT2D eigenvalue weighted by atomic mass is 10.0. The van der Waals surface area contributed by atoms with Crippen LogP contribution in [0.2, 0.25) is 0 Å². The maximum atomic E-state index is 15.0. The van der Waals surface area contributed by atoms with Gasteiger partial charge in [-0.05, 0) is 37.5 Å². The third kappa shape index (κ3) is 5.60. The van der Waals surface area contributed by atoms with E-state index < -0.39 is 54.4 Å². The molecule has 15 heteroatoms. The molecule has 0 radical (unpaired) electrons. The third-order valence-electron chi connectivity index (χ3n) is 7.17. The Bertz CT molecular complexity index is 1540. The highest BCUT2D eigenvalue weighted by molar-refractivity contribution is 7.13. The standard InChI is InChI=1S/C27H24F6N5O3S/c1-2-10-40-20-7-6-15(28)23(24(20)29)21-12-16(36-41-21)18-14-42-27(34-18)38(8-4-3-5-9-38)22(39)13-37-19(26(32)33)11-17(35-37)25(30)31/h1,6-7,11,14,21,25-26H,3-5,8-10,12-13H2/q+1. The van der Waals surface area contributed by atoms with Crippen LogP contribution in [0.25, 0.3) is 0 Å². The summed E-state index contributed by atoms with van der Waals surface area (Å²) in [4.78, 5) is 23.6. The van der Waals surface area contributed by atoms with Crippen molar-refractivity contribution >= 4 is 28.1 Å². The fourth-order valence-corrected chi connectivity index (χ4v) is 6.12. The molecular formula is C27H24F6N5O3S+. The van der Waals surface area contributed by atoms with Crippen LogP contribution < -0.4 is 9.22 Å². The summed E-state index contributed by atoms with van der Waals surface area (Å²) < 4.78 is 88.5. The second-order valence-electron chi connectivity index (χ2n) is 9.74. The molecule has 2 aliphatic heterocycles. The number of ether oxygens (including phenoxy) is 1. The Balaban J connectivity index is 1.38.